The molecule has 0 saturated heterocycles. The average Bonchev–Trinajstić information content (AvgIpc) is 2.81. The lowest BCUT2D eigenvalue weighted by Crippen LogP contribution is -2.19. The molecule has 0 bridgehead atoms. The quantitative estimate of drug-likeness (QED) is 0.838. The van der Waals surface area contributed by atoms with E-state index >= 15 is 0 Å². The van der Waals surface area contributed by atoms with Gasteiger partial charge in [-0.05, 0) is 44.5 Å². The Hall–Kier alpha value is -1.52. The molecule has 20 heavy (non-hydrogen) atoms. The molecule has 0 aliphatic heterocycles. The molecule has 0 amide bonds. The van der Waals surface area contributed by atoms with Crippen LogP contribution in [-0.4, -0.2) is 16.7 Å². The van der Waals surface area contributed by atoms with Gasteiger partial charge < -0.3 is 10.1 Å². The van der Waals surface area contributed by atoms with Gasteiger partial charge in [0, 0.05) is 22.8 Å². The molecule has 1 unspecified atom stereocenters. The minimum Gasteiger partial charge on any atom is -0.437 e. The van der Waals surface area contributed by atoms with Crippen molar-refractivity contribution in [1.29, 1.82) is 0 Å². The molecule has 0 aliphatic carbocycles. The summed E-state index contributed by atoms with van der Waals surface area (Å²) in [6.45, 7) is 7.15. The Morgan fingerprint density at radius 3 is 2.80 bits per heavy atom. The number of hydrogen-bond donors (Lipinski definition) is 2. The van der Waals surface area contributed by atoms with Gasteiger partial charge in [0.25, 0.3) is 0 Å². The second-order valence-corrected chi connectivity index (χ2v) is 5.26. The first-order chi connectivity index (χ1) is 9.60. The third kappa shape index (κ3) is 3.74. The van der Waals surface area contributed by atoms with E-state index in [1.807, 2.05) is 31.2 Å². The highest BCUT2D eigenvalue weighted by Crippen LogP contribution is 2.29. The molecule has 0 aliphatic rings. The molecule has 2 aromatic rings. The summed E-state index contributed by atoms with van der Waals surface area (Å²) in [6, 6.07) is 7.79. The first-order valence-electron chi connectivity index (χ1n) is 6.83. The number of benzene rings is 1. The molecule has 0 saturated carbocycles. The number of aryl methyl sites for hydroxylation is 1. The number of aromatic amines is 1. The van der Waals surface area contributed by atoms with Crippen molar-refractivity contribution in [3.8, 4) is 11.6 Å². The molecule has 2 rings (SSSR count). The summed E-state index contributed by atoms with van der Waals surface area (Å²) in [7, 11) is 0. The van der Waals surface area contributed by atoms with E-state index in [1.165, 1.54) is 0 Å². The lowest BCUT2D eigenvalue weighted by atomic mass is 10.1. The fraction of sp³-hybridized carbons (Fsp3) is 0.400. The van der Waals surface area contributed by atoms with E-state index < -0.39 is 0 Å². The van der Waals surface area contributed by atoms with Crippen LogP contribution in [-0.2, 0) is 0 Å². The summed E-state index contributed by atoms with van der Waals surface area (Å²) in [4.78, 5) is 0. The predicted octanol–water partition coefficient (Wildman–Crippen LogP) is 4.22. The van der Waals surface area contributed by atoms with E-state index in [9.17, 15) is 0 Å². The zero-order chi connectivity index (χ0) is 14.5. The van der Waals surface area contributed by atoms with Crippen molar-refractivity contribution in [2.75, 3.05) is 6.54 Å². The largest absolute Gasteiger partial charge is 0.437 e. The van der Waals surface area contributed by atoms with Crippen LogP contribution in [0, 0.1) is 6.92 Å². The number of rotatable bonds is 6. The van der Waals surface area contributed by atoms with Crippen molar-refractivity contribution in [2.24, 2.45) is 0 Å². The maximum Gasteiger partial charge on any atom is 0.238 e. The normalized spacial score (nSPS) is 12.4. The van der Waals surface area contributed by atoms with E-state index in [2.05, 4.69) is 29.4 Å². The second kappa shape index (κ2) is 6.77. The molecule has 0 spiro atoms. The van der Waals surface area contributed by atoms with Gasteiger partial charge in [0.1, 0.15) is 5.75 Å². The van der Waals surface area contributed by atoms with Crippen LogP contribution in [0.5, 0.6) is 11.6 Å². The van der Waals surface area contributed by atoms with Gasteiger partial charge in [0.15, 0.2) is 0 Å². The molecule has 2 N–H and O–H groups in total. The van der Waals surface area contributed by atoms with Crippen LogP contribution in [0.4, 0.5) is 0 Å². The third-order valence-electron chi connectivity index (χ3n) is 3.04. The highest BCUT2D eigenvalue weighted by molar-refractivity contribution is 6.31. The van der Waals surface area contributed by atoms with Crippen molar-refractivity contribution >= 4 is 11.6 Å². The SMILES string of the molecule is CCCNC(C)c1ccc(Oc2cc(C)[nH]n2)cc1Cl. The molecule has 5 heteroatoms. The Labute approximate surface area is 124 Å². The summed E-state index contributed by atoms with van der Waals surface area (Å²) in [5.41, 5.74) is 2.03. The standard InChI is InChI=1S/C15H20ClN3O/c1-4-7-17-11(3)13-6-5-12(9-14(13)16)20-15-8-10(2)18-19-15/h5-6,8-9,11,17H,4,7H2,1-3H3,(H,18,19). The molecule has 1 aromatic carbocycles. The Morgan fingerprint density at radius 2 is 2.20 bits per heavy atom. The highest BCUT2D eigenvalue weighted by Gasteiger charge is 2.10. The molecule has 4 nitrogen and oxygen atoms in total. The summed E-state index contributed by atoms with van der Waals surface area (Å²) in [5, 5.41) is 11.0. The first kappa shape index (κ1) is 14.9. The topological polar surface area (TPSA) is 49.9 Å². The smallest absolute Gasteiger partial charge is 0.238 e. The molecule has 1 heterocycles. The van der Waals surface area contributed by atoms with Crippen LogP contribution in [0.3, 0.4) is 0 Å². The Balaban J connectivity index is 2.09. The van der Waals surface area contributed by atoms with Gasteiger partial charge in [-0.2, -0.15) is 0 Å². The number of halogens is 1. The zero-order valence-corrected chi connectivity index (χ0v) is 12.8. The van der Waals surface area contributed by atoms with Gasteiger partial charge in [-0.3, -0.25) is 5.10 Å². The molecule has 0 fully saturated rings. The van der Waals surface area contributed by atoms with Crippen molar-refractivity contribution in [1.82, 2.24) is 15.5 Å². The van der Waals surface area contributed by atoms with Gasteiger partial charge in [0.05, 0.1) is 0 Å². The molecular formula is C15H20ClN3O. The number of hydrogen-bond acceptors (Lipinski definition) is 3. The van der Waals surface area contributed by atoms with Gasteiger partial charge in [-0.25, -0.2) is 0 Å². The van der Waals surface area contributed by atoms with Gasteiger partial charge in [-0.1, -0.05) is 24.6 Å². The minimum absolute atomic E-state index is 0.226. The monoisotopic (exact) mass is 293 g/mol. The third-order valence-corrected chi connectivity index (χ3v) is 3.37. The van der Waals surface area contributed by atoms with E-state index in [0.29, 0.717) is 16.7 Å². The molecule has 0 radical (unpaired) electrons. The molecule has 1 aromatic heterocycles. The predicted molar refractivity (Wildman–Crippen MR) is 81.6 cm³/mol. The van der Waals surface area contributed by atoms with Crippen LogP contribution in [0.1, 0.15) is 37.6 Å². The second-order valence-electron chi connectivity index (χ2n) is 4.85. The van der Waals surface area contributed by atoms with Crippen LogP contribution in [0.2, 0.25) is 5.02 Å². The van der Waals surface area contributed by atoms with E-state index in [4.69, 9.17) is 16.3 Å². The van der Waals surface area contributed by atoms with E-state index in [-0.39, 0.29) is 6.04 Å². The van der Waals surface area contributed by atoms with Crippen LogP contribution in [0.25, 0.3) is 0 Å². The fourth-order valence-corrected chi connectivity index (χ4v) is 2.29. The highest BCUT2D eigenvalue weighted by atomic mass is 35.5. The number of ether oxygens (including phenoxy) is 1. The van der Waals surface area contributed by atoms with E-state index in [0.717, 1.165) is 24.2 Å². The lowest BCUT2D eigenvalue weighted by Gasteiger charge is -2.15. The van der Waals surface area contributed by atoms with Gasteiger partial charge in [-0.15, -0.1) is 5.10 Å². The van der Waals surface area contributed by atoms with Crippen molar-refractivity contribution in [3.05, 3.63) is 40.5 Å². The molecule has 108 valence electrons. The van der Waals surface area contributed by atoms with Gasteiger partial charge in [0.2, 0.25) is 5.88 Å². The van der Waals surface area contributed by atoms with Crippen molar-refractivity contribution in [2.45, 2.75) is 33.2 Å². The number of aromatic nitrogens is 2. The molecule has 1 atom stereocenters. The minimum atomic E-state index is 0.226. The average molecular weight is 294 g/mol. The summed E-state index contributed by atoms with van der Waals surface area (Å²) in [6.07, 6.45) is 1.10. The summed E-state index contributed by atoms with van der Waals surface area (Å²) < 4.78 is 5.65. The molecular weight excluding hydrogens is 274 g/mol. The zero-order valence-electron chi connectivity index (χ0n) is 12.0. The maximum atomic E-state index is 6.33. The summed E-state index contributed by atoms with van der Waals surface area (Å²) in [5.74, 6) is 1.23. The number of H-pyrrole nitrogens is 1. The summed E-state index contributed by atoms with van der Waals surface area (Å²) >= 11 is 6.33. The van der Waals surface area contributed by atoms with Crippen LogP contribution < -0.4 is 10.1 Å². The Morgan fingerprint density at radius 1 is 1.40 bits per heavy atom. The number of nitrogens with one attached hydrogen (secondary N) is 2. The van der Waals surface area contributed by atoms with Crippen molar-refractivity contribution < 1.29 is 4.74 Å². The van der Waals surface area contributed by atoms with Crippen LogP contribution in [0.15, 0.2) is 24.3 Å². The first-order valence-corrected chi connectivity index (χ1v) is 7.20. The Kier molecular flexibility index (Phi) is 5.04. The van der Waals surface area contributed by atoms with E-state index in [1.54, 1.807) is 0 Å². The fourth-order valence-electron chi connectivity index (χ4n) is 1.96. The maximum absolute atomic E-state index is 6.33. The van der Waals surface area contributed by atoms with Crippen LogP contribution >= 0.6 is 11.6 Å². The number of nitrogens with zero attached hydrogens (tertiary/aromatic N) is 1. The lowest BCUT2D eigenvalue weighted by molar-refractivity contribution is 0.461. The van der Waals surface area contributed by atoms with Crippen molar-refractivity contribution in [3.63, 3.8) is 0 Å². The Bertz CT molecular complexity index is 568. The van der Waals surface area contributed by atoms with Gasteiger partial charge >= 0.3 is 0 Å².